The Labute approximate surface area is 174 Å². The maximum Gasteiger partial charge on any atom is 0.162 e. The Morgan fingerprint density at radius 3 is 2.60 bits per heavy atom. The van der Waals surface area contributed by atoms with Crippen molar-refractivity contribution in [2.75, 3.05) is 50.7 Å². The summed E-state index contributed by atoms with van der Waals surface area (Å²) in [6.07, 6.45) is 1.34. The number of aromatic carboxylic acids is 1. The molecule has 8 nitrogen and oxygen atoms in total. The summed E-state index contributed by atoms with van der Waals surface area (Å²) in [5.74, 6) is -0.189. The molecule has 156 valence electrons. The standard InChI is InChI=1S/C22H23N3O5/c1-28-18-7-6-14(12-19(18)29-2)24-20-15-4-3-5-17(25-8-10-30-11-9-25)21(15)23-13-16(20)22(26)27/h3-7,12-13H,8-11H2,1-2H3,(H,23,24)(H,26,27)/p-1. The minimum absolute atomic E-state index is 0.0172. The molecule has 2 aromatic carbocycles. The summed E-state index contributed by atoms with van der Waals surface area (Å²) >= 11 is 0. The van der Waals surface area contributed by atoms with Crippen LogP contribution in [0.5, 0.6) is 11.5 Å². The van der Waals surface area contributed by atoms with Crippen LogP contribution in [0.3, 0.4) is 0 Å². The van der Waals surface area contributed by atoms with Gasteiger partial charge in [0.05, 0.1) is 50.3 Å². The third kappa shape index (κ3) is 3.69. The number of hydrogen-bond acceptors (Lipinski definition) is 8. The number of para-hydroxylation sites is 1. The second kappa shape index (κ2) is 8.46. The third-order valence-corrected chi connectivity index (χ3v) is 5.10. The number of anilines is 3. The summed E-state index contributed by atoms with van der Waals surface area (Å²) in [4.78, 5) is 18.4. The molecule has 0 saturated carbocycles. The Morgan fingerprint density at radius 2 is 1.90 bits per heavy atom. The zero-order valence-corrected chi connectivity index (χ0v) is 16.8. The van der Waals surface area contributed by atoms with E-state index in [9.17, 15) is 9.90 Å². The summed E-state index contributed by atoms with van der Waals surface area (Å²) in [7, 11) is 3.10. The molecule has 0 unspecified atom stereocenters. The van der Waals surface area contributed by atoms with E-state index < -0.39 is 5.97 Å². The quantitative estimate of drug-likeness (QED) is 0.663. The van der Waals surface area contributed by atoms with Crippen LogP contribution in [0.4, 0.5) is 17.1 Å². The Kier molecular flexibility index (Phi) is 5.58. The number of ether oxygens (including phenoxy) is 3. The molecule has 1 fully saturated rings. The summed E-state index contributed by atoms with van der Waals surface area (Å²) in [5, 5.41) is 15.7. The van der Waals surface area contributed by atoms with Crippen LogP contribution in [0.15, 0.2) is 42.6 Å². The number of fused-ring (bicyclic) bond motifs is 1. The molecule has 1 saturated heterocycles. The van der Waals surface area contributed by atoms with E-state index in [0.717, 1.165) is 18.8 Å². The van der Waals surface area contributed by atoms with Gasteiger partial charge in [-0.3, -0.25) is 4.98 Å². The average Bonchev–Trinajstić information content (AvgIpc) is 2.79. The topological polar surface area (TPSA) is 96.0 Å². The summed E-state index contributed by atoms with van der Waals surface area (Å²) in [5.41, 5.74) is 2.71. The summed E-state index contributed by atoms with van der Waals surface area (Å²) < 4.78 is 16.1. The van der Waals surface area contributed by atoms with Crippen molar-refractivity contribution >= 4 is 33.9 Å². The van der Waals surface area contributed by atoms with Crippen LogP contribution >= 0.6 is 0 Å². The first kappa shape index (κ1) is 19.8. The van der Waals surface area contributed by atoms with Crippen LogP contribution in [0, 0.1) is 0 Å². The minimum atomic E-state index is -1.30. The molecular formula is C22H22N3O5-. The maximum absolute atomic E-state index is 11.8. The van der Waals surface area contributed by atoms with Gasteiger partial charge in [0, 0.05) is 42.0 Å². The lowest BCUT2D eigenvalue weighted by molar-refractivity contribution is -0.254. The Morgan fingerprint density at radius 1 is 1.13 bits per heavy atom. The smallest absolute Gasteiger partial charge is 0.162 e. The Hall–Kier alpha value is -3.52. The van der Waals surface area contributed by atoms with Crippen LogP contribution in [0.1, 0.15) is 10.4 Å². The molecular weight excluding hydrogens is 386 g/mol. The first-order valence-corrected chi connectivity index (χ1v) is 9.57. The Bertz CT molecular complexity index is 1080. The fraction of sp³-hybridized carbons (Fsp3) is 0.273. The van der Waals surface area contributed by atoms with Gasteiger partial charge in [-0.2, -0.15) is 0 Å². The van der Waals surface area contributed by atoms with Gasteiger partial charge < -0.3 is 34.3 Å². The maximum atomic E-state index is 11.8. The molecule has 0 spiro atoms. The molecule has 1 aliphatic heterocycles. The van der Waals surface area contributed by atoms with Gasteiger partial charge in [0.15, 0.2) is 11.5 Å². The lowest BCUT2D eigenvalue weighted by Crippen LogP contribution is -2.36. The van der Waals surface area contributed by atoms with Crippen molar-refractivity contribution < 1.29 is 24.1 Å². The van der Waals surface area contributed by atoms with Crippen LogP contribution < -0.4 is 24.8 Å². The number of aromatic nitrogens is 1. The van der Waals surface area contributed by atoms with Gasteiger partial charge in [-0.25, -0.2) is 0 Å². The van der Waals surface area contributed by atoms with E-state index in [1.54, 1.807) is 32.4 Å². The van der Waals surface area contributed by atoms with Crippen molar-refractivity contribution in [2.45, 2.75) is 0 Å². The number of nitrogens with zero attached hydrogens (tertiary/aromatic N) is 2. The van der Waals surface area contributed by atoms with Crippen molar-refractivity contribution in [3.63, 3.8) is 0 Å². The second-order valence-electron chi connectivity index (χ2n) is 6.80. The van der Waals surface area contributed by atoms with E-state index >= 15 is 0 Å². The lowest BCUT2D eigenvalue weighted by atomic mass is 10.1. The molecule has 0 amide bonds. The van der Waals surface area contributed by atoms with E-state index in [4.69, 9.17) is 14.2 Å². The molecule has 0 bridgehead atoms. The van der Waals surface area contributed by atoms with Crippen LogP contribution in [-0.2, 0) is 4.74 Å². The number of rotatable bonds is 6. The highest BCUT2D eigenvalue weighted by molar-refractivity contribution is 6.07. The molecule has 0 aliphatic carbocycles. The third-order valence-electron chi connectivity index (χ3n) is 5.10. The molecule has 4 rings (SSSR count). The number of benzene rings is 2. The van der Waals surface area contributed by atoms with Crippen molar-refractivity contribution in [3.05, 3.63) is 48.2 Å². The zero-order chi connectivity index (χ0) is 21.1. The monoisotopic (exact) mass is 408 g/mol. The van der Waals surface area contributed by atoms with E-state index in [1.807, 2.05) is 18.2 Å². The first-order chi connectivity index (χ1) is 14.6. The van der Waals surface area contributed by atoms with Gasteiger partial charge in [0.25, 0.3) is 0 Å². The highest BCUT2D eigenvalue weighted by atomic mass is 16.5. The van der Waals surface area contributed by atoms with Gasteiger partial charge in [-0.1, -0.05) is 12.1 Å². The van der Waals surface area contributed by atoms with E-state index in [0.29, 0.717) is 47.0 Å². The number of pyridine rings is 1. The van der Waals surface area contributed by atoms with E-state index in [1.165, 1.54) is 6.20 Å². The second-order valence-corrected chi connectivity index (χ2v) is 6.80. The number of morpholine rings is 1. The molecule has 2 heterocycles. The lowest BCUT2D eigenvalue weighted by Gasteiger charge is -2.30. The summed E-state index contributed by atoms with van der Waals surface area (Å²) in [6, 6.07) is 11.0. The fourth-order valence-electron chi connectivity index (χ4n) is 3.61. The zero-order valence-electron chi connectivity index (χ0n) is 16.8. The number of hydrogen-bond donors (Lipinski definition) is 1. The molecule has 0 atom stereocenters. The van der Waals surface area contributed by atoms with E-state index in [-0.39, 0.29) is 5.56 Å². The van der Waals surface area contributed by atoms with Crippen LogP contribution in [0.25, 0.3) is 10.9 Å². The Balaban J connectivity index is 1.83. The number of nitrogens with one attached hydrogen (secondary N) is 1. The predicted octanol–water partition coefficient (Wildman–Crippen LogP) is 2.20. The average molecular weight is 408 g/mol. The molecule has 1 N–H and O–H groups in total. The highest BCUT2D eigenvalue weighted by Gasteiger charge is 2.18. The van der Waals surface area contributed by atoms with Crippen molar-refractivity contribution in [2.24, 2.45) is 0 Å². The fourth-order valence-corrected chi connectivity index (χ4v) is 3.61. The largest absolute Gasteiger partial charge is 0.545 e. The number of carbonyl (C=O) groups is 1. The van der Waals surface area contributed by atoms with Gasteiger partial charge in [0.2, 0.25) is 0 Å². The molecule has 1 aliphatic rings. The summed E-state index contributed by atoms with van der Waals surface area (Å²) in [6.45, 7) is 2.79. The van der Waals surface area contributed by atoms with Gasteiger partial charge >= 0.3 is 0 Å². The van der Waals surface area contributed by atoms with Gasteiger partial charge in [0.1, 0.15) is 0 Å². The van der Waals surface area contributed by atoms with Gasteiger partial charge in [-0.05, 0) is 18.2 Å². The van der Waals surface area contributed by atoms with Crippen molar-refractivity contribution in [1.82, 2.24) is 4.98 Å². The van der Waals surface area contributed by atoms with Crippen LogP contribution in [0.2, 0.25) is 0 Å². The highest BCUT2D eigenvalue weighted by Crippen LogP contribution is 2.36. The SMILES string of the molecule is COc1ccc(Nc2c(C(=O)[O-])cnc3c(N4CCOCC4)cccc23)cc1OC. The molecule has 1 aromatic heterocycles. The number of carbonyl (C=O) groups excluding carboxylic acids is 1. The van der Waals surface area contributed by atoms with Crippen molar-refractivity contribution in [3.8, 4) is 11.5 Å². The van der Waals surface area contributed by atoms with E-state index in [2.05, 4.69) is 15.2 Å². The number of carboxylic acids is 1. The molecule has 8 heteroatoms. The minimum Gasteiger partial charge on any atom is -0.545 e. The number of carboxylic acid groups (broad SMARTS) is 1. The van der Waals surface area contributed by atoms with Gasteiger partial charge in [-0.15, -0.1) is 0 Å². The first-order valence-electron chi connectivity index (χ1n) is 9.57. The predicted molar refractivity (Wildman–Crippen MR) is 112 cm³/mol. The molecule has 0 radical (unpaired) electrons. The molecule has 3 aromatic rings. The normalized spacial score (nSPS) is 13.9. The molecule has 30 heavy (non-hydrogen) atoms. The van der Waals surface area contributed by atoms with Crippen molar-refractivity contribution in [1.29, 1.82) is 0 Å². The number of methoxy groups -OCH3 is 2. The van der Waals surface area contributed by atoms with Crippen LogP contribution in [-0.4, -0.2) is 51.5 Å².